The largest absolute Gasteiger partial charge is 0.322 e. The fourth-order valence-corrected chi connectivity index (χ4v) is 4.73. The van der Waals surface area contributed by atoms with Crippen molar-refractivity contribution in [2.45, 2.75) is 25.8 Å². The molecule has 8 heteroatoms. The Morgan fingerprint density at radius 3 is 2.44 bits per heavy atom. The Balaban J connectivity index is 1.66. The van der Waals surface area contributed by atoms with Gasteiger partial charge in [0.2, 0.25) is 10.0 Å². The molecule has 0 bridgehead atoms. The first kappa shape index (κ1) is 19.1. The molecule has 1 aromatic carbocycles. The molecule has 0 radical (unpaired) electrons. The molecular weight excluding hydrogens is 366 g/mol. The van der Waals surface area contributed by atoms with Crippen molar-refractivity contribution < 1.29 is 18.0 Å². The molecule has 1 aromatic rings. The molecule has 3 amide bonds. The Kier molecular flexibility index (Phi) is 5.09. The molecule has 142 valence electrons. The zero-order valence-electron chi connectivity index (χ0n) is 15.2. The van der Waals surface area contributed by atoms with Gasteiger partial charge < -0.3 is 5.32 Å². The first-order valence-electron chi connectivity index (χ1n) is 8.57. The van der Waals surface area contributed by atoms with Gasteiger partial charge in [-0.3, -0.25) is 10.1 Å². The van der Waals surface area contributed by atoms with Crippen molar-refractivity contribution in [1.82, 2.24) is 14.9 Å². The van der Waals surface area contributed by atoms with E-state index >= 15 is 0 Å². The van der Waals surface area contributed by atoms with Crippen LogP contribution in [-0.2, 0) is 14.8 Å². The Labute approximate surface area is 158 Å². The number of benzene rings is 1. The zero-order valence-corrected chi connectivity index (χ0v) is 16.0. The van der Waals surface area contributed by atoms with Crippen LogP contribution in [0.5, 0.6) is 0 Å². The molecule has 0 aromatic heterocycles. The third kappa shape index (κ3) is 4.38. The van der Waals surface area contributed by atoms with E-state index in [9.17, 15) is 18.0 Å². The van der Waals surface area contributed by atoms with E-state index in [1.54, 1.807) is 6.08 Å². The standard InChI is InChI=1S/C19H21N3O4S/c1-14-3-5-15(6-4-14)7-8-16-9-11-22(12-10-16)27(25,26)13-19(2)17(23)20-18(24)21-19/h3-6,9H,10-13H2,1-2H3,(H2,20,21,23,24)/t19-/m1/s1. The van der Waals surface area contributed by atoms with Crippen molar-refractivity contribution in [1.29, 1.82) is 0 Å². The number of nitrogens with one attached hydrogen (secondary N) is 2. The van der Waals surface area contributed by atoms with Crippen LogP contribution >= 0.6 is 0 Å². The van der Waals surface area contributed by atoms with Crippen LogP contribution in [0.15, 0.2) is 35.9 Å². The minimum absolute atomic E-state index is 0.200. The van der Waals surface area contributed by atoms with Crippen LogP contribution in [0.1, 0.15) is 24.5 Å². The smallest absolute Gasteiger partial charge is 0.322 e. The van der Waals surface area contributed by atoms with Gasteiger partial charge in [0.25, 0.3) is 5.91 Å². The molecule has 3 rings (SSSR count). The molecule has 1 atom stereocenters. The van der Waals surface area contributed by atoms with Gasteiger partial charge in [-0.05, 0) is 32.4 Å². The van der Waals surface area contributed by atoms with Crippen molar-refractivity contribution in [3.8, 4) is 11.8 Å². The molecule has 7 nitrogen and oxygen atoms in total. The summed E-state index contributed by atoms with van der Waals surface area (Å²) in [7, 11) is -3.71. The fraction of sp³-hybridized carbons (Fsp3) is 0.368. The predicted octanol–water partition coefficient (Wildman–Crippen LogP) is 0.907. The summed E-state index contributed by atoms with van der Waals surface area (Å²) in [5, 5.41) is 4.46. The SMILES string of the molecule is Cc1ccc(C#CC2=CCN(S(=O)(=O)C[C@@]3(C)NC(=O)NC3=O)CC2)cc1. The normalized spacial score (nSPS) is 23.1. The van der Waals surface area contributed by atoms with Crippen LogP contribution in [0, 0.1) is 18.8 Å². The van der Waals surface area contributed by atoms with Gasteiger partial charge in [-0.25, -0.2) is 13.2 Å². The Bertz CT molecular complexity index is 970. The van der Waals surface area contributed by atoms with Crippen molar-refractivity contribution in [2.75, 3.05) is 18.8 Å². The third-order valence-corrected chi connectivity index (χ3v) is 6.63. The summed E-state index contributed by atoms with van der Waals surface area (Å²) in [5.41, 5.74) is 1.51. The van der Waals surface area contributed by atoms with Crippen LogP contribution in [0.4, 0.5) is 4.79 Å². The number of amides is 3. The van der Waals surface area contributed by atoms with Gasteiger partial charge >= 0.3 is 6.03 Å². The number of nitrogens with zero attached hydrogens (tertiary/aromatic N) is 1. The lowest BCUT2D eigenvalue weighted by Crippen LogP contribution is -2.52. The van der Waals surface area contributed by atoms with Gasteiger partial charge in [0.15, 0.2) is 0 Å². The number of carbonyl (C=O) groups excluding carboxylic acids is 2. The number of hydrogen-bond donors (Lipinski definition) is 2. The highest BCUT2D eigenvalue weighted by Gasteiger charge is 2.46. The minimum atomic E-state index is -3.71. The molecule has 0 aliphatic carbocycles. The molecule has 1 fully saturated rings. The van der Waals surface area contributed by atoms with Gasteiger partial charge in [0.1, 0.15) is 5.54 Å². The van der Waals surface area contributed by atoms with Gasteiger partial charge in [-0.15, -0.1) is 0 Å². The molecule has 2 heterocycles. The Morgan fingerprint density at radius 1 is 1.19 bits per heavy atom. The van der Waals surface area contributed by atoms with Crippen LogP contribution in [0.25, 0.3) is 0 Å². The highest BCUT2D eigenvalue weighted by molar-refractivity contribution is 7.89. The lowest BCUT2D eigenvalue weighted by molar-refractivity contribution is -0.122. The summed E-state index contributed by atoms with van der Waals surface area (Å²) in [6.45, 7) is 3.91. The number of sulfonamides is 1. The molecule has 0 saturated carbocycles. The number of imide groups is 1. The van der Waals surface area contributed by atoms with Gasteiger partial charge in [0.05, 0.1) is 5.75 Å². The summed E-state index contributed by atoms with van der Waals surface area (Å²) < 4.78 is 26.6. The zero-order chi connectivity index (χ0) is 19.7. The van der Waals surface area contributed by atoms with E-state index in [-0.39, 0.29) is 6.54 Å². The fourth-order valence-electron chi connectivity index (χ4n) is 2.94. The average molecular weight is 387 g/mol. The maximum atomic E-state index is 12.6. The van der Waals surface area contributed by atoms with E-state index in [1.165, 1.54) is 16.8 Å². The molecule has 0 spiro atoms. The van der Waals surface area contributed by atoms with Crippen molar-refractivity contribution in [3.63, 3.8) is 0 Å². The number of urea groups is 1. The van der Waals surface area contributed by atoms with E-state index < -0.39 is 33.3 Å². The predicted molar refractivity (Wildman–Crippen MR) is 101 cm³/mol. The number of rotatable bonds is 3. The number of carbonyl (C=O) groups is 2. The van der Waals surface area contributed by atoms with Crippen molar-refractivity contribution >= 4 is 22.0 Å². The lowest BCUT2D eigenvalue weighted by atomic mass is 10.1. The van der Waals surface area contributed by atoms with E-state index in [0.717, 1.165) is 11.1 Å². The second-order valence-electron chi connectivity index (χ2n) is 6.95. The van der Waals surface area contributed by atoms with Gasteiger partial charge in [-0.2, -0.15) is 4.31 Å². The Hall–Kier alpha value is -2.63. The van der Waals surface area contributed by atoms with Crippen molar-refractivity contribution in [3.05, 3.63) is 47.0 Å². The topological polar surface area (TPSA) is 95.6 Å². The summed E-state index contributed by atoms with van der Waals surface area (Å²) in [4.78, 5) is 23.2. The molecule has 2 aliphatic heterocycles. The van der Waals surface area contributed by atoms with Crippen LogP contribution < -0.4 is 10.6 Å². The summed E-state index contributed by atoms with van der Waals surface area (Å²) >= 11 is 0. The highest BCUT2D eigenvalue weighted by Crippen LogP contribution is 2.19. The molecular formula is C19H21N3O4S. The Morgan fingerprint density at radius 2 is 1.89 bits per heavy atom. The van der Waals surface area contributed by atoms with Crippen LogP contribution in [-0.4, -0.2) is 49.0 Å². The molecule has 2 aliphatic rings. The molecule has 2 N–H and O–H groups in total. The molecule has 27 heavy (non-hydrogen) atoms. The highest BCUT2D eigenvalue weighted by atomic mass is 32.2. The summed E-state index contributed by atoms with van der Waals surface area (Å²) in [6.07, 6.45) is 2.30. The van der Waals surface area contributed by atoms with E-state index in [1.807, 2.05) is 31.2 Å². The second-order valence-corrected chi connectivity index (χ2v) is 8.92. The monoisotopic (exact) mass is 387 g/mol. The van der Waals surface area contributed by atoms with E-state index in [4.69, 9.17) is 0 Å². The van der Waals surface area contributed by atoms with Gasteiger partial charge in [0, 0.05) is 24.2 Å². The van der Waals surface area contributed by atoms with Crippen LogP contribution in [0.2, 0.25) is 0 Å². The number of hydrogen-bond acceptors (Lipinski definition) is 4. The molecule has 1 saturated heterocycles. The first-order valence-corrected chi connectivity index (χ1v) is 10.2. The summed E-state index contributed by atoms with van der Waals surface area (Å²) in [5.74, 6) is 5.07. The third-order valence-electron chi connectivity index (χ3n) is 4.57. The summed E-state index contributed by atoms with van der Waals surface area (Å²) in [6, 6.07) is 7.21. The first-order chi connectivity index (χ1) is 12.7. The minimum Gasteiger partial charge on any atom is -0.322 e. The maximum Gasteiger partial charge on any atom is 0.322 e. The lowest BCUT2D eigenvalue weighted by Gasteiger charge is -2.28. The van der Waals surface area contributed by atoms with E-state index in [0.29, 0.717) is 13.0 Å². The average Bonchev–Trinajstić information content (AvgIpc) is 2.85. The quantitative estimate of drug-likeness (QED) is 0.595. The number of aryl methyl sites for hydroxylation is 1. The van der Waals surface area contributed by atoms with Crippen LogP contribution in [0.3, 0.4) is 0 Å². The van der Waals surface area contributed by atoms with Gasteiger partial charge in [-0.1, -0.05) is 35.6 Å². The maximum absolute atomic E-state index is 12.6. The molecule has 0 unspecified atom stereocenters. The van der Waals surface area contributed by atoms with Crippen molar-refractivity contribution in [2.24, 2.45) is 0 Å². The van der Waals surface area contributed by atoms with E-state index in [2.05, 4.69) is 22.5 Å². The second kappa shape index (κ2) is 7.18.